The van der Waals surface area contributed by atoms with Gasteiger partial charge < -0.3 is 10.1 Å². The summed E-state index contributed by atoms with van der Waals surface area (Å²) in [6, 6.07) is 21.3. The Hall–Kier alpha value is -3.00. The highest BCUT2D eigenvalue weighted by atomic mass is 35.5. The third-order valence-electron chi connectivity index (χ3n) is 5.13. The van der Waals surface area contributed by atoms with Gasteiger partial charge in [-0.2, -0.15) is 0 Å². The number of ether oxygens (including phenoxy) is 1. The number of methoxy groups -OCH3 is 1. The first kappa shape index (κ1) is 24.1. The lowest BCUT2D eigenvalue weighted by Crippen LogP contribution is -2.44. The first-order valence-corrected chi connectivity index (χ1v) is 12.1. The van der Waals surface area contributed by atoms with Gasteiger partial charge in [-0.25, -0.2) is 4.99 Å². The van der Waals surface area contributed by atoms with Crippen molar-refractivity contribution in [3.05, 3.63) is 88.4 Å². The summed E-state index contributed by atoms with van der Waals surface area (Å²) >= 11 is 13.5. The van der Waals surface area contributed by atoms with Crippen LogP contribution in [0, 0.1) is 0 Å². The molecule has 0 radical (unpaired) electrons. The third-order valence-corrected chi connectivity index (χ3v) is 6.94. The van der Waals surface area contributed by atoms with Crippen LogP contribution in [0.5, 0.6) is 5.75 Å². The molecule has 1 N–H and O–H groups in total. The molecule has 0 aromatic heterocycles. The number of amidine groups is 1. The second kappa shape index (κ2) is 11.0. The van der Waals surface area contributed by atoms with Crippen molar-refractivity contribution in [2.45, 2.75) is 18.2 Å². The van der Waals surface area contributed by atoms with E-state index >= 15 is 0 Å². The summed E-state index contributed by atoms with van der Waals surface area (Å²) in [5.41, 5.74) is 2.04. The summed E-state index contributed by atoms with van der Waals surface area (Å²) in [4.78, 5) is 32.4. The molecular weight excluding hydrogens is 493 g/mol. The van der Waals surface area contributed by atoms with Gasteiger partial charge in [-0.1, -0.05) is 53.2 Å². The molecule has 6 nitrogen and oxygen atoms in total. The molecule has 2 amide bonds. The SMILES string of the molecule is COc1ccc(N=C2S[C@H](C(=O)Nc3ccc(Cl)cc3)CC(=O)N2Cc2ccccc2Cl)cc1. The number of carbonyl (C=O) groups is 2. The molecule has 3 aromatic rings. The van der Waals surface area contributed by atoms with Gasteiger partial charge in [0.05, 0.1) is 19.3 Å². The molecule has 1 aliphatic heterocycles. The molecule has 174 valence electrons. The molecular formula is C25H21Cl2N3O3S. The number of rotatable bonds is 6. The lowest BCUT2D eigenvalue weighted by Gasteiger charge is -2.32. The molecule has 1 atom stereocenters. The van der Waals surface area contributed by atoms with E-state index in [0.717, 1.165) is 5.56 Å². The number of amides is 2. The molecule has 0 spiro atoms. The van der Waals surface area contributed by atoms with Crippen LogP contribution in [0.2, 0.25) is 10.0 Å². The maximum atomic E-state index is 13.2. The van der Waals surface area contributed by atoms with Crippen LogP contribution in [0.3, 0.4) is 0 Å². The van der Waals surface area contributed by atoms with Crippen LogP contribution in [0.1, 0.15) is 12.0 Å². The average molecular weight is 514 g/mol. The second-order valence-corrected chi connectivity index (χ2v) is 9.48. The fraction of sp³-hybridized carbons (Fsp3) is 0.160. The van der Waals surface area contributed by atoms with Crippen molar-refractivity contribution in [3.8, 4) is 5.75 Å². The number of hydrogen-bond acceptors (Lipinski definition) is 5. The van der Waals surface area contributed by atoms with Crippen molar-refractivity contribution < 1.29 is 14.3 Å². The largest absolute Gasteiger partial charge is 0.497 e. The molecule has 1 heterocycles. The van der Waals surface area contributed by atoms with Gasteiger partial charge in [0.25, 0.3) is 0 Å². The van der Waals surface area contributed by atoms with Crippen molar-refractivity contribution in [2.75, 3.05) is 12.4 Å². The van der Waals surface area contributed by atoms with Crippen molar-refractivity contribution in [1.82, 2.24) is 4.90 Å². The van der Waals surface area contributed by atoms with Crippen molar-refractivity contribution in [2.24, 2.45) is 4.99 Å². The molecule has 1 aliphatic rings. The standard InChI is InChI=1S/C25H21Cl2N3O3S/c1-33-20-12-10-19(11-13-20)29-25-30(15-16-4-2-3-5-21(16)27)23(31)14-22(34-25)24(32)28-18-8-6-17(26)7-9-18/h2-13,22H,14-15H2,1H3,(H,28,32)/t22-/m0/s1. The Morgan fingerprint density at radius 2 is 1.79 bits per heavy atom. The highest BCUT2D eigenvalue weighted by Gasteiger charge is 2.36. The van der Waals surface area contributed by atoms with E-state index in [1.165, 1.54) is 11.8 Å². The van der Waals surface area contributed by atoms with Gasteiger partial charge in [0.1, 0.15) is 11.0 Å². The van der Waals surface area contributed by atoms with Crippen LogP contribution < -0.4 is 10.1 Å². The minimum Gasteiger partial charge on any atom is -0.497 e. The number of carbonyl (C=O) groups excluding carboxylic acids is 2. The molecule has 0 bridgehead atoms. The smallest absolute Gasteiger partial charge is 0.238 e. The summed E-state index contributed by atoms with van der Waals surface area (Å²) in [5, 5.41) is 3.78. The zero-order chi connectivity index (χ0) is 24.1. The zero-order valence-corrected chi connectivity index (χ0v) is 20.5. The van der Waals surface area contributed by atoms with E-state index in [1.54, 1.807) is 66.6 Å². The molecule has 3 aromatic carbocycles. The molecule has 0 unspecified atom stereocenters. The Balaban J connectivity index is 1.61. The first-order valence-electron chi connectivity index (χ1n) is 10.4. The Labute approximate surface area is 211 Å². The van der Waals surface area contributed by atoms with E-state index in [0.29, 0.717) is 32.3 Å². The Morgan fingerprint density at radius 3 is 2.47 bits per heavy atom. The summed E-state index contributed by atoms with van der Waals surface area (Å²) in [6.07, 6.45) is 0.0379. The Kier molecular flexibility index (Phi) is 7.77. The fourth-order valence-corrected chi connectivity index (χ4v) is 4.74. The van der Waals surface area contributed by atoms with Gasteiger partial charge >= 0.3 is 0 Å². The topological polar surface area (TPSA) is 71.0 Å². The maximum absolute atomic E-state index is 13.2. The number of benzene rings is 3. The first-order chi connectivity index (χ1) is 16.4. The minimum absolute atomic E-state index is 0.0379. The summed E-state index contributed by atoms with van der Waals surface area (Å²) in [6.45, 7) is 0.256. The Bertz CT molecular complexity index is 1220. The van der Waals surface area contributed by atoms with E-state index in [2.05, 4.69) is 5.32 Å². The zero-order valence-electron chi connectivity index (χ0n) is 18.2. The predicted molar refractivity (Wildman–Crippen MR) is 138 cm³/mol. The molecule has 1 fully saturated rings. The third kappa shape index (κ3) is 5.91. The Morgan fingerprint density at radius 1 is 1.09 bits per heavy atom. The van der Waals surface area contributed by atoms with E-state index in [1.807, 2.05) is 18.2 Å². The summed E-state index contributed by atoms with van der Waals surface area (Å²) < 4.78 is 5.21. The lowest BCUT2D eigenvalue weighted by molar-refractivity contribution is -0.129. The van der Waals surface area contributed by atoms with Crippen LogP contribution in [-0.4, -0.2) is 34.2 Å². The second-order valence-electron chi connectivity index (χ2n) is 7.47. The highest BCUT2D eigenvalue weighted by Crippen LogP contribution is 2.32. The normalized spacial score (nSPS) is 17.0. The van der Waals surface area contributed by atoms with E-state index in [4.69, 9.17) is 32.9 Å². The van der Waals surface area contributed by atoms with Gasteiger partial charge in [-0.05, 0) is 60.2 Å². The van der Waals surface area contributed by atoms with Crippen molar-refractivity contribution in [1.29, 1.82) is 0 Å². The van der Waals surface area contributed by atoms with Gasteiger partial charge in [0, 0.05) is 22.2 Å². The maximum Gasteiger partial charge on any atom is 0.238 e. The number of halogens is 2. The van der Waals surface area contributed by atoms with Crippen LogP contribution in [0.15, 0.2) is 77.8 Å². The molecule has 0 saturated carbocycles. The van der Waals surface area contributed by atoms with Gasteiger partial charge in [-0.3, -0.25) is 14.5 Å². The van der Waals surface area contributed by atoms with Gasteiger partial charge in [-0.15, -0.1) is 0 Å². The molecule has 4 rings (SSSR count). The number of nitrogens with zero attached hydrogens (tertiary/aromatic N) is 2. The van der Waals surface area contributed by atoms with Gasteiger partial charge in [0.15, 0.2) is 5.17 Å². The molecule has 1 saturated heterocycles. The van der Waals surface area contributed by atoms with Crippen LogP contribution in [0.4, 0.5) is 11.4 Å². The number of aliphatic imine (C=N–C) groups is 1. The van der Waals surface area contributed by atoms with E-state index < -0.39 is 5.25 Å². The predicted octanol–water partition coefficient (Wildman–Crippen LogP) is 6.16. The fourth-order valence-electron chi connectivity index (χ4n) is 3.32. The minimum atomic E-state index is -0.636. The van der Waals surface area contributed by atoms with E-state index in [9.17, 15) is 9.59 Å². The number of thioether (sulfide) groups is 1. The monoisotopic (exact) mass is 513 g/mol. The van der Waals surface area contributed by atoms with Crippen LogP contribution >= 0.6 is 35.0 Å². The van der Waals surface area contributed by atoms with Crippen molar-refractivity contribution >= 4 is 63.3 Å². The molecule has 34 heavy (non-hydrogen) atoms. The number of anilines is 1. The van der Waals surface area contributed by atoms with Crippen LogP contribution in [0.25, 0.3) is 0 Å². The summed E-state index contributed by atoms with van der Waals surface area (Å²) in [5.74, 6) is 0.215. The molecule has 9 heteroatoms. The number of nitrogens with one attached hydrogen (secondary N) is 1. The number of hydrogen-bond donors (Lipinski definition) is 1. The van der Waals surface area contributed by atoms with Crippen LogP contribution in [-0.2, 0) is 16.1 Å². The summed E-state index contributed by atoms with van der Waals surface area (Å²) in [7, 11) is 1.59. The lowest BCUT2D eigenvalue weighted by atomic mass is 10.2. The van der Waals surface area contributed by atoms with Crippen molar-refractivity contribution in [3.63, 3.8) is 0 Å². The average Bonchev–Trinajstić information content (AvgIpc) is 2.84. The quantitative estimate of drug-likeness (QED) is 0.428. The highest BCUT2D eigenvalue weighted by molar-refractivity contribution is 8.15. The van der Waals surface area contributed by atoms with Gasteiger partial charge in [0.2, 0.25) is 11.8 Å². The van der Waals surface area contributed by atoms with E-state index in [-0.39, 0.29) is 24.8 Å². The molecule has 0 aliphatic carbocycles.